The lowest BCUT2D eigenvalue weighted by Crippen LogP contribution is -2.37. The maximum absolute atomic E-state index is 14.3. The van der Waals surface area contributed by atoms with Gasteiger partial charge in [0, 0.05) is 31.3 Å². The van der Waals surface area contributed by atoms with E-state index < -0.39 is 5.82 Å². The molecule has 4 rings (SSSR count). The average molecular weight is 491 g/mol. The monoisotopic (exact) mass is 490 g/mol. The Labute approximate surface area is 208 Å². The molecule has 186 valence electrons. The van der Waals surface area contributed by atoms with E-state index in [-0.39, 0.29) is 35.5 Å². The van der Waals surface area contributed by atoms with Gasteiger partial charge in [-0.3, -0.25) is 9.59 Å². The molecule has 1 aliphatic rings. The summed E-state index contributed by atoms with van der Waals surface area (Å²) < 4.78 is 26.3. The number of carbonyl (C=O) groups is 2. The molecule has 0 atom stereocenters. The summed E-state index contributed by atoms with van der Waals surface area (Å²) in [7, 11) is 1.37. The van der Waals surface area contributed by atoms with Gasteiger partial charge in [0.25, 0.3) is 0 Å². The van der Waals surface area contributed by atoms with Crippen LogP contribution in [-0.4, -0.2) is 54.4 Å². The topological polar surface area (TPSA) is 97.4 Å². The summed E-state index contributed by atoms with van der Waals surface area (Å²) in [5.41, 5.74) is 3.08. The van der Waals surface area contributed by atoms with Gasteiger partial charge in [-0.15, -0.1) is 0 Å². The average Bonchev–Trinajstić information content (AvgIpc) is 3.35. The summed E-state index contributed by atoms with van der Waals surface area (Å²) in [4.78, 5) is 25.5. The SMILES string of the molecule is COC(=O)CCOC1CCN(c2ccc(-n3nc(C(C)=O)cc3-c3ccc(C#N)c(F)c3)cc2)CC1. The minimum Gasteiger partial charge on any atom is -0.469 e. The van der Waals surface area contributed by atoms with E-state index in [1.165, 1.54) is 26.2 Å². The number of nitriles is 1. The number of halogens is 1. The van der Waals surface area contributed by atoms with Crippen LogP contribution in [0.15, 0.2) is 48.5 Å². The van der Waals surface area contributed by atoms with Crippen molar-refractivity contribution in [2.75, 3.05) is 31.7 Å². The van der Waals surface area contributed by atoms with Crippen molar-refractivity contribution in [1.82, 2.24) is 9.78 Å². The number of rotatable bonds is 8. The number of carbonyl (C=O) groups excluding carboxylic acids is 2. The second-order valence-corrected chi connectivity index (χ2v) is 8.59. The number of esters is 1. The summed E-state index contributed by atoms with van der Waals surface area (Å²) in [6.45, 7) is 3.45. The molecule has 1 fully saturated rings. The Balaban J connectivity index is 1.48. The van der Waals surface area contributed by atoms with Crippen LogP contribution in [0.5, 0.6) is 0 Å². The van der Waals surface area contributed by atoms with Gasteiger partial charge in [0.05, 0.1) is 43.2 Å². The Bertz CT molecular complexity index is 1290. The van der Waals surface area contributed by atoms with E-state index >= 15 is 0 Å². The van der Waals surface area contributed by atoms with Gasteiger partial charge in [0.1, 0.15) is 17.6 Å². The van der Waals surface area contributed by atoms with Crippen molar-refractivity contribution >= 4 is 17.4 Å². The van der Waals surface area contributed by atoms with Crippen LogP contribution in [0, 0.1) is 17.1 Å². The number of nitrogens with zero attached hydrogens (tertiary/aromatic N) is 4. The van der Waals surface area contributed by atoms with Crippen molar-refractivity contribution in [3.8, 4) is 23.0 Å². The smallest absolute Gasteiger partial charge is 0.307 e. The number of benzene rings is 2. The zero-order chi connectivity index (χ0) is 25.7. The molecule has 1 aromatic heterocycles. The first-order chi connectivity index (χ1) is 17.4. The van der Waals surface area contributed by atoms with Crippen molar-refractivity contribution in [2.24, 2.45) is 0 Å². The van der Waals surface area contributed by atoms with Crippen LogP contribution >= 0.6 is 0 Å². The number of piperidine rings is 1. The van der Waals surface area contributed by atoms with Gasteiger partial charge in [-0.05, 0) is 55.3 Å². The number of aromatic nitrogens is 2. The second kappa shape index (κ2) is 11.1. The first-order valence-corrected chi connectivity index (χ1v) is 11.7. The Morgan fingerprint density at radius 1 is 1.11 bits per heavy atom. The summed E-state index contributed by atoms with van der Waals surface area (Å²) >= 11 is 0. The molecule has 0 N–H and O–H groups in total. The lowest BCUT2D eigenvalue weighted by atomic mass is 10.1. The molecule has 0 bridgehead atoms. The molecule has 0 unspecified atom stereocenters. The maximum atomic E-state index is 14.3. The van der Waals surface area contributed by atoms with Crippen LogP contribution in [0.1, 0.15) is 42.2 Å². The molecule has 3 aromatic rings. The van der Waals surface area contributed by atoms with Crippen LogP contribution in [0.4, 0.5) is 10.1 Å². The quantitative estimate of drug-likeness (QED) is 0.343. The maximum Gasteiger partial charge on any atom is 0.307 e. The van der Waals surface area contributed by atoms with E-state index in [0.29, 0.717) is 17.9 Å². The standard InChI is InChI=1S/C27H27FN4O4/c1-18(33)25-16-26(19-3-4-20(17-29)24(28)15-19)32(30-25)22-7-5-21(6-8-22)31-12-9-23(10-13-31)36-14-11-27(34)35-2/h3-8,15-16,23H,9-14H2,1-2H3. The van der Waals surface area contributed by atoms with Crippen molar-refractivity contribution < 1.29 is 23.5 Å². The fourth-order valence-corrected chi connectivity index (χ4v) is 4.22. The zero-order valence-electron chi connectivity index (χ0n) is 20.2. The van der Waals surface area contributed by atoms with Gasteiger partial charge in [0.2, 0.25) is 0 Å². The van der Waals surface area contributed by atoms with Gasteiger partial charge in [-0.2, -0.15) is 10.4 Å². The van der Waals surface area contributed by atoms with Crippen LogP contribution in [0.3, 0.4) is 0 Å². The molecule has 36 heavy (non-hydrogen) atoms. The van der Waals surface area contributed by atoms with E-state index in [0.717, 1.165) is 37.3 Å². The Hall–Kier alpha value is -4.03. The third kappa shape index (κ3) is 5.61. The minimum absolute atomic E-state index is 0.0430. The lowest BCUT2D eigenvalue weighted by molar-refractivity contribution is -0.142. The third-order valence-corrected chi connectivity index (χ3v) is 6.24. The Kier molecular flexibility index (Phi) is 7.76. The normalized spacial score (nSPS) is 13.9. The van der Waals surface area contributed by atoms with Crippen LogP contribution in [-0.2, 0) is 14.3 Å². The molecule has 2 aromatic carbocycles. The van der Waals surface area contributed by atoms with Gasteiger partial charge in [-0.1, -0.05) is 6.07 Å². The summed E-state index contributed by atoms with van der Waals surface area (Å²) in [6.07, 6.45) is 2.10. The predicted molar refractivity (Wildman–Crippen MR) is 131 cm³/mol. The number of ketones is 1. The molecule has 1 aliphatic heterocycles. The second-order valence-electron chi connectivity index (χ2n) is 8.59. The van der Waals surface area contributed by atoms with Gasteiger partial charge in [-0.25, -0.2) is 9.07 Å². The Morgan fingerprint density at radius 3 is 2.42 bits per heavy atom. The number of methoxy groups -OCH3 is 1. The predicted octanol–water partition coefficient (Wildman–Crippen LogP) is 4.30. The highest BCUT2D eigenvalue weighted by Gasteiger charge is 2.21. The number of hydrogen-bond acceptors (Lipinski definition) is 7. The molecule has 0 radical (unpaired) electrons. The molecular formula is C27H27FN4O4. The fourth-order valence-electron chi connectivity index (χ4n) is 4.22. The lowest BCUT2D eigenvalue weighted by Gasteiger charge is -2.33. The highest BCUT2D eigenvalue weighted by molar-refractivity contribution is 5.93. The number of ether oxygens (including phenoxy) is 2. The van der Waals surface area contributed by atoms with Crippen molar-refractivity contribution in [3.05, 3.63) is 65.6 Å². The highest BCUT2D eigenvalue weighted by atomic mass is 19.1. The number of hydrogen-bond donors (Lipinski definition) is 0. The summed E-state index contributed by atoms with van der Waals surface area (Å²) in [5.74, 6) is -1.09. The van der Waals surface area contributed by atoms with Gasteiger partial charge < -0.3 is 14.4 Å². The first-order valence-electron chi connectivity index (χ1n) is 11.7. The minimum atomic E-state index is -0.625. The van der Waals surface area contributed by atoms with Gasteiger partial charge >= 0.3 is 5.97 Å². The first kappa shape index (κ1) is 25.1. The summed E-state index contributed by atoms with van der Waals surface area (Å²) in [6, 6.07) is 15.6. The van der Waals surface area contributed by atoms with E-state index in [9.17, 15) is 14.0 Å². The number of anilines is 1. The van der Waals surface area contributed by atoms with Crippen molar-refractivity contribution in [1.29, 1.82) is 5.26 Å². The molecule has 1 saturated heterocycles. The van der Waals surface area contributed by atoms with Crippen LogP contribution in [0.2, 0.25) is 0 Å². The van der Waals surface area contributed by atoms with E-state index in [1.54, 1.807) is 16.8 Å². The molecule has 2 heterocycles. The van der Waals surface area contributed by atoms with Crippen LogP contribution in [0.25, 0.3) is 16.9 Å². The van der Waals surface area contributed by atoms with E-state index in [2.05, 4.69) is 14.7 Å². The molecule has 0 amide bonds. The zero-order valence-corrected chi connectivity index (χ0v) is 20.2. The largest absolute Gasteiger partial charge is 0.469 e. The van der Waals surface area contributed by atoms with Gasteiger partial charge in [0.15, 0.2) is 5.78 Å². The molecule has 8 nitrogen and oxygen atoms in total. The molecule has 0 aliphatic carbocycles. The summed E-state index contributed by atoms with van der Waals surface area (Å²) in [5, 5.41) is 13.5. The molecule has 9 heteroatoms. The fraction of sp³-hybridized carbons (Fsp3) is 0.333. The Morgan fingerprint density at radius 2 is 1.81 bits per heavy atom. The molecule has 0 spiro atoms. The number of Topliss-reactive ketones (excluding diaryl/α,β-unsaturated/α-hetero) is 1. The molecule has 0 saturated carbocycles. The van der Waals surface area contributed by atoms with Crippen molar-refractivity contribution in [3.63, 3.8) is 0 Å². The van der Waals surface area contributed by atoms with Crippen LogP contribution < -0.4 is 4.90 Å². The van der Waals surface area contributed by atoms with E-state index in [4.69, 9.17) is 10.00 Å². The molecular weight excluding hydrogens is 463 g/mol. The van der Waals surface area contributed by atoms with E-state index in [1.807, 2.05) is 30.3 Å². The van der Waals surface area contributed by atoms with Crippen molar-refractivity contribution in [2.45, 2.75) is 32.3 Å². The third-order valence-electron chi connectivity index (χ3n) is 6.24. The highest BCUT2D eigenvalue weighted by Crippen LogP contribution is 2.28.